The van der Waals surface area contributed by atoms with Crippen molar-refractivity contribution in [2.75, 3.05) is 6.54 Å². The fraction of sp³-hybridized carbons (Fsp3) is 0.400. The zero-order chi connectivity index (χ0) is 9.26. The second-order valence-electron chi connectivity index (χ2n) is 3.31. The first-order chi connectivity index (χ1) is 6.25. The molecule has 4 heteroatoms. The second-order valence-corrected chi connectivity index (χ2v) is 4.23. The number of fused-ring (bicyclic) bond motifs is 1. The van der Waals surface area contributed by atoms with Crippen molar-refractivity contribution in [1.29, 1.82) is 0 Å². The average Bonchev–Trinajstić information content (AvgIpc) is 2.25. The van der Waals surface area contributed by atoms with E-state index >= 15 is 0 Å². The highest BCUT2D eigenvalue weighted by atomic mass is 79.9. The highest BCUT2D eigenvalue weighted by Gasteiger charge is 2.12. The molecule has 78 valence electrons. The second kappa shape index (κ2) is 5.01. The Bertz CT molecular complexity index is 319. The van der Waals surface area contributed by atoms with Crippen molar-refractivity contribution >= 4 is 28.3 Å². The maximum absolute atomic E-state index is 5.75. The van der Waals surface area contributed by atoms with Gasteiger partial charge in [0, 0.05) is 23.1 Å². The van der Waals surface area contributed by atoms with E-state index < -0.39 is 0 Å². The van der Waals surface area contributed by atoms with Crippen molar-refractivity contribution in [1.82, 2.24) is 5.32 Å². The van der Waals surface area contributed by atoms with Crippen molar-refractivity contribution in [3.05, 3.63) is 28.2 Å². The molecule has 1 heterocycles. The molecule has 1 unspecified atom stereocenters. The number of hydrogen-bond acceptors (Lipinski definition) is 2. The number of benzene rings is 1. The van der Waals surface area contributed by atoms with Gasteiger partial charge in [0.05, 0.1) is 0 Å². The van der Waals surface area contributed by atoms with Crippen LogP contribution in [0.2, 0.25) is 0 Å². The van der Waals surface area contributed by atoms with Crippen LogP contribution in [0.15, 0.2) is 22.7 Å². The first kappa shape index (κ1) is 11.8. The van der Waals surface area contributed by atoms with Crippen LogP contribution in [0.3, 0.4) is 0 Å². The minimum atomic E-state index is 0. The minimum absolute atomic E-state index is 0. The van der Waals surface area contributed by atoms with Gasteiger partial charge < -0.3 is 10.1 Å². The highest BCUT2D eigenvalue weighted by Crippen LogP contribution is 2.25. The standard InChI is InChI=1S/C10H12BrNO.ClH/c1-7-5-12-6-8-2-3-9(11)4-10(8)13-7;/h2-4,7,12H,5-6H2,1H3;1H. The average molecular weight is 279 g/mol. The SMILES string of the molecule is CC1CNCc2ccc(Br)cc2O1.Cl. The van der Waals surface area contributed by atoms with Gasteiger partial charge in [-0.25, -0.2) is 0 Å². The zero-order valence-electron chi connectivity index (χ0n) is 7.92. The first-order valence-electron chi connectivity index (χ1n) is 4.41. The lowest BCUT2D eigenvalue weighted by Gasteiger charge is -2.11. The van der Waals surface area contributed by atoms with E-state index in [1.807, 2.05) is 12.1 Å². The molecule has 1 aromatic carbocycles. The fourth-order valence-electron chi connectivity index (χ4n) is 1.45. The third-order valence-corrected chi connectivity index (χ3v) is 2.60. The zero-order valence-corrected chi connectivity index (χ0v) is 10.3. The molecular weight excluding hydrogens is 265 g/mol. The van der Waals surface area contributed by atoms with Gasteiger partial charge in [-0.2, -0.15) is 0 Å². The molecular formula is C10H13BrClNO. The Labute approximate surface area is 98.6 Å². The summed E-state index contributed by atoms with van der Waals surface area (Å²) in [5.41, 5.74) is 1.23. The number of rotatable bonds is 0. The van der Waals surface area contributed by atoms with E-state index in [2.05, 4.69) is 34.2 Å². The molecule has 0 aromatic heterocycles. The number of ether oxygens (including phenoxy) is 1. The summed E-state index contributed by atoms with van der Waals surface area (Å²) in [6, 6.07) is 6.16. The summed E-state index contributed by atoms with van der Waals surface area (Å²) in [6.45, 7) is 3.88. The van der Waals surface area contributed by atoms with Gasteiger partial charge >= 0.3 is 0 Å². The Kier molecular flexibility index (Phi) is 4.23. The van der Waals surface area contributed by atoms with E-state index in [1.54, 1.807) is 0 Å². The lowest BCUT2D eigenvalue weighted by atomic mass is 10.2. The van der Waals surface area contributed by atoms with Gasteiger partial charge in [0.2, 0.25) is 0 Å². The maximum atomic E-state index is 5.75. The summed E-state index contributed by atoms with van der Waals surface area (Å²) >= 11 is 3.44. The topological polar surface area (TPSA) is 21.3 Å². The number of hydrogen-bond donors (Lipinski definition) is 1. The Hall–Kier alpha value is -0.250. The van der Waals surface area contributed by atoms with Crippen LogP contribution in [0.25, 0.3) is 0 Å². The molecule has 0 aliphatic carbocycles. The van der Waals surface area contributed by atoms with Gasteiger partial charge in [-0.15, -0.1) is 12.4 Å². The van der Waals surface area contributed by atoms with Gasteiger partial charge in [-0.3, -0.25) is 0 Å². The van der Waals surface area contributed by atoms with E-state index in [1.165, 1.54) is 5.56 Å². The van der Waals surface area contributed by atoms with Gasteiger partial charge in [0.25, 0.3) is 0 Å². The van der Waals surface area contributed by atoms with E-state index in [9.17, 15) is 0 Å². The van der Waals surface area contributed by atoms with Crippen LogP contribution in [0.4, 0.5) is 0 Å². The van der Waals surface area contributed by atoms with Crippen molar-refractivity contribution in [2.24, 2.45) is 0 Å². The molecule has 1 aliphatic heterocycles. The minimum Gasteiger partial charge on any atom is -0.489 e. The fourth-order valence-corrected chi connectivity index (χ4v) is 1.79. The summed E-state index contributed by atoms with van der Waals surface area (Å²) in [5.74, 6) is 0.992. The largest absolute Gasteiger partial charge is 0.489 e. The molecule has 1 aliphatic rings. The summed E-state index contributed by atoms with van der Waals surface area (Å²) < 4.78 is 6.81. The molecule has 1 N–H and O–H groups in total. The van der Waals surface area contributed by atoms with Gasteiger partial charge in [0.1, 0.15) is 11.9 Å². The van der Waals surface area contributed by atoms with Crippen molar-refractivity contribution in [3.63, 3.8) is 0 Å². The van der Waals surface area contributed by atoms with E-state index in [0.29, 0.717) is 0 Å². The summed E-state index contributed by atoms with van der Waals surface area (Å²) in [5, 5.41) is 3.33. The van der Waals surface area contributed by atoms with Gasteiger partial charge in [-0.05, 0) is 19.1 Å². The van der Waals surface area contributed by atoms with Crippen LogP contribution in [-0.4, -0.2) is 12.6 Å². The van der Waals surface area contributed by atoms with E-state index in [0.717, 1.165) is 23.3 Å². The van der Waals surface area contributed by atoms with Crippen molar-refractivity contribution in [2.45, 2.75) is 19.6 Å². The Morgan fingerprint density at radius 2 is 2.29 bits per heavy atom. The number of nitrogens with one attached hydrogen (secondary N) is 1. The molecule has 0 saturated heterocycles. The quantitative estimate of drug-likeness (QED) is 0.788. The van der Waals surface area contributed by atoms with E-state index in [4.69, 9.17) is 4.74 Å². The molecule has 1 aromatic rings. The lowest BCUT2D eigenvalue weighted by Crippen LogP contribution is -2.24. The Morgan fingerprint density at radius 3 is 3.07 bits per heavy atom. The smallest absolute Gasteiger partial charge is 0.125 e. The van der Waals surface area contributed by atoms with Crippen molar-refractivity contribution in [3.8, 4) is 5.75 Å². The Morgan fingerprint density at radius 1 is 1.50 bits per heavy atom. The molecule has 14 heavy (non-hydrogen) atoms. The predicted molar refractivity (Wildman–Crippen MR) is 63.2 cm³/mol. The normalized spacial score (nSPS) is 20.0. The summed E-state index contributed by atoms with van der Waals surface area (Å²) in [6.07, 6.45) is 0.246. The lowest BCUT2D eigenvalue weighted by molar-refractivity contribution is 0.226. The first-order valence-corrected chi connectivity index (χ1v) is 5.21. The molecule has 0 radical (unpaired) electrons. The van der Waals surface area contributed by atoms with Gasteiger partial charge in [-0.1, -0.05) is 22.0 Å². The molecule has 0 amide bonds. The maximum Gasteiger partial charge on any atom is 0.125 e. The van der Waals surface area contributed by atoms with Gasteiger partial charge in [0.15, 0.2) is 0 Å². The third-order valence-electron chi connectivity index (χ3n) is 2.10. The van der Waals surface area contributed by atoms with Crippen LogP contribution in [0, 0.1) is 0 Å². The molecule has 2 nitrogen and oxygen atoms in total. The summed E-state index contributed by atoms with van der Waals surface area (Å²) in [4.78, 5) is 0. The molecule has 0 bridgehead atoms. The van der Waals surface area contributed by atoms with Crippen LogP contribution >= 0.6 is 28.3 Å². The molecule has 0 saturated carbocycles. The highest BCUT2D eigenvalue weighted by molar-refractivity contribution is 9.10. The van der Waals surface area contributed by atoms with Crippen molar-refractivity contribution < 1.29 is 4.74 Å². The van der Waals surface area contributed by atoms with Crippen LogP contribution in [0.5, 0.6) is 5.75 Å². The van der Waals surface area contributed by atoms with Crippen LogP contribution in [-0.2, 0) is 6.54 Å². The molecule has 0 fully saturated rings. The van der Waals surface area contributed by atoms with E-state index in [-0.39, 0.29) is 18.5 Å². The third kappa shape index (κ3) is 2.62. The summed E-state index contributed by atoms with van der Waals surface area (Å²) in [7, 11) is 0. The monoisotopic (exact) mass is 277 g/mol. The molecule has 1 atom stereocenters. The number of halogens is 2. The predicted octanol–water partition coefficient (Wildman–Crippen LogP) is 2.74. The molecule has 2 rings (SSSR count). The molecule has 0 spiro atoms. The van der Waals surface area contributed by atoms with Crippen LogP contribution < -0.4 is 10.1 Å². The Balaban J connectivity index is 0.000000980. The van der Waals surface area contributed by atoms with Crippen LogP contribution in [0.1, 0.15) is 12.5 Å².